The van der Waals surface area contributed by atoms with E-state index in [2.05, 4.69) is 73.2 Å². The van der Waals surface area contributed by atoms with Gasteiger partial charge in [0.2, 0.25) is 0 Å². The van der Waals surface area contributed by atoms with Gasteiger partial charge in [0.05, 0.1) is 19.3 Å². The molecule has 0 saturated carbocycles. The molecule has 1 aromatic heterocycles. The number of H-pyrrole nitrogens is 1. The lowest BCUT2D eigenvalue weighted by Crippen LogP contribution is -2.88. The first-order chi connectivity index (χ1) is 14.0. The number of carbonyl (C=O) groups is 1. The Balaban J connectivity index is 1.53. The molecule has 5 nitrogen and oxygen atoms in total. The highest BCUT2D eigenvalue weighted by Gasteiger charge is 2.28. The molecule has 3 rings (SSSR count). The third-order valence-corrected chi connectivity index (χ3v) is 5.92. The topological polar surface area (TPSA) is 54.3 Å². The molecule has 156 valence electrons. The Kier molecular flexibility index (Phi) is 7.26. The minimum Gasteiger partial charge on any atom is -0.332 e. The lowest BCUT2D eigenvalue weighted by Gasteiger charge is -2.31. The first-order valence-electron chi connectivity index (χ1n) is 10.9. The fourth-order valence-corrected chi connectivity index (χ4v) is 4.03. The fraction of sp³-hybridized carbons (Fsp3) is 0.500. The van der Waals surface area contributed by atoms with Crippen LogP contribution < -0.4 is 15.2 Å². The SMILES string of the molecule is CC(C)c1ccc([C@H]([NH2+]CC(=O)N2CCN(c3cccc[nH+]3)CC2)C(C)C)cc1. The molecule has 0 unspecified atom stereocenters. The molecule has 1 aliphatic rings. The van der Waals surface area contributed by atoms with Crippen molar-refractivity contribution in [1.82, 2.24) is 4.90 Å². The molecule has 1 saturated heterocycles. The van der Waals surface area contributed by atoms with Gasteiger partial charge in [-0.25, -0.2) is 4.98 Å². The number of nitrogens with one attached hydrogen (secondary N) is 1. The van der Waals surface area contributed by atoms with Crippen LogP contribution in [0.1, 0.15) is 50.8 Å². The van der Waals surface area contributed by atoms with Gasteiger partial charge in [0, 0.05) is 17.5 Å². The number of aromatic nitrogens is 1. The Morgan fingerprint density at radius 2 is 1.62 bits per heavy atom. The second-order valence-corrected chi connectivity index (χ2v) is 8.65. The lowest BCUT2D eigenvalue weighted by molar-refractivity contribution is -0.692. The van der Waals surface area contributed by atoms with Crippen molar-refractivity contribution >= 4 is 11.7 Å². The number of nitrogens with zero attached hydrogens (tertiary/aromatic N) is 2. The smallest absolute Gasteiger partial charge is 0.277 e. The van der Waals surface area contributed by atoms with Gasteiger partial charge in [0.25, 0.3) is 11.7 Å². The molecule has 2 heterocycles. The summed E-state index contributed by atoms with van der Waals surface area (Å²) in [5, 5.41) is 2.22. The number of hydrogen-bond donors (Lipinski definition) is 1. The number of piperazine rings is 1. The van der Waals surface area contributed by atoms with E-state index >= 15 is 0 Å². The number of carbonyl (C=O) groups excluding carboxylic acids is 1. The van der Waals surface area contributed by atoms with Crippen molar-refractivity contribution in [3.8, 4) is 0 Å². The molecule has 0 aliphatic carbocycles. The second kappa shape index (κ2) is 9.88. The fourth-order valence-electron chi connectivity index (χ4n) is 4.03. The van der Waals surface area contributed by atoms with E-state index in [0.717, 1.165) is 32.0 Å². The number of rotatable bonds is 7. The largest absolute Gasteiger partial charge is 0.332 e. The van der Waals surface area contributed by atoms with Crippen LogP contribution in [0.3, 0.4) is 0 Å². The predicted octanol–water partition coefficient (Wildman–Crippen LogP) is 2.23. The van der Waals surface area contributed by atoms with E-state index in [0.29, 0.717) is 24.4 Å². The average Bonchev–Trinajstić information content (AvgIpc) is 2.74. The molecule has 1 aliphatic heterocycles. The molecule has 0 spiro atoms. The van der Waals surface area contributed by atoms with Gasteiger partial charge in [0.15, 0.2) is 6.54 Å². The zero-order valence-electron chi connectivity index (χ0n) is 18.3. The van der Waals surface area contributed by atoms with Crippen molar-refractivity contribution in [2.75, 3.05) is 37.6 Å². The van der Waals surface area contributed by atoms with Crippen LogP contribution in [0, 0.1) is 5.92 Å². The highest BCUT2D eigenvalue weighted by Crippen LogP contribution is 2.21. The molecule has 5 heteroatoms. The maximum absolute atomic E-state index is 12.8. The summed E-state index contributed by atoms with van der Waals surface area (Å²) in [5.41, 5.74) is 2.67. The number of quaternary nitrogens is 1. The van der Waals surface area contributed by atoms with Crippen molar-refractivity contribution in [3.05, 3.63) is 59.8 Å². The summed E-state index contributed by atoms with van der Waals surface area (Å²) in [6.45, 7) is 12.7. The summed E-state index contributed by atoms with van der Waals surface area (Å²) in [5.74, 6) is 2.37. The van der Waals surface area contributed by atoms with Crippen molar-refractivity contribution in [3.63, 3.8) is 0 Å². The molecule has 3 N–H and O–H groups in total. The maximum atomic E-state index is 12.8. The van der Waals surface area contributed by atoms with Gasteiger partial charge >= 0.3 is 0 Å². The van der Waals surface area contributed by atoms with Gasteiger partial charge in [-0.15, -0.1) is 0 Å². The summed E-state index contributed by atoms with van der Waals surface area (Å²) in [6, 6.07) is 15.3. The predicted molar refractivity (Wildman–Crippen MR) is 117 cm³/mol. The molecular formula is C24H36N4O+2. The number of nitrogens with two attached hydrogens (primary N) is 1. The van der Waals surface area contributed by atoms with Crippen LogP contribution in [0.25, 0.3) is 0 Å². The quantitative estimate of drug-likeness (QED) is 0.780. The van der Waals surface area contributed by atoms with Crippen molar-refractivity contribution < 1.29 is 15.1 Å². The summed E-state index contributed by atoms with van der Waals surface area (Å²) in [6.07, 6.45) is 1.95. The van der Waals surface area contributed by atoms with E-state index in [1.807, 2.05) is 23.2 Å². The first kappa shape index (κ1) is 21.3. The third kappa shape index (κ3) is 5.57. The zero-order chi connectivity index (χ0) is 20.8. The second-order valence-electron chi connectivity index (χ2n) is 8.65. The van der Waals surface area contributed by atoms with Gasteiger partial charge in [-0.1, -0.05) is 58.0 Å². The monoisotopic (exact) mass is 396 g/mol. The maximum Gasteiger partial charge on any atom is 0.277 e. The van der Waals surface area contributed by atoms with E-state index in [4.69, 9.17) is 0 Å². The highest BCUT2D eigenvalue weighted by molar-refractivity contribution is 5.77. The minimum atomic E-state index is 0.242. The van der Waals surface area contributed by atoms with Crippen LogP contribution in [0.5, 0.6) is 0 Å². The first-order valence-corrected chi connectivity index (χ1v) is 10.9. The molecule has 1 aromatic carbocycles. The minimum absolute atomic E-state index is 0.242. The molecule has 1 atom stereocenters. The van der Waals surface area contributed by atoms with Crippen LogP contribution in [0.4, 0.5) is 5.82 Å². The Morgan fingerprint density at radius 1 is 0.966 bits per heavy atom. The van der Waals surface area contributed by atoms with Crippen molar-refractivity contribution in [2.24, 2.45) is 5.92 Å². The number of benzene rings is 1. The standard InChI is InChI=1S/C24H34N4O/c1-18(2)20-8-10-21(11-9-20)24(19(3)4)26-17-23(29)28-15-13-27(14-16-28)22-7-5-6-12-25-22/h5-12,18-19,24,26H,13-17H2,1-4H3/p+2/t24-/m1/s1. The summed E-state index contributed by atoms with van der Waals surface area (Å²) < 4.78 is 0. The highest BCUT2D eigenvalue weighted by atomic mass is 16.2. The normalized spacial score (nSPS) is 15.8. The molecule has 29 heavy (non-hydrogen) atoms. The van der Waals surface area contributed by atoms with Gasteiger partial charge in [0.1, 0.15) is 19.1 Å². The van der Waals surface area contributed by atoms with Crippen LogP contribution in [0.15, 0.2) is 48.7 Å². The molecule has 0 radical (unpaired) electrons. The number of hydrogen-bond acceptors (Lipinski definition) is 2. The van der Waals surface area contributed by atoms with E-state index in [1.165, 1.54) is 11.1 Å². The average molecular weight is 397 g/mol. The van der Waals surface area contributed by atoms with Crippen molar-refractivity contribution in [2.45, 2.75) is 39.7 Å². The molecule has 0 bridgehead atoms. The van der Waals surface area contributed by atoms with Crippen molar-refractivity contribution in [1.29, 1.82) is 0 Å². The summed E-state index contributed by atoms with van der Waals surface area (Å²) in [7, 11) is 0. The van der Waals surface area contributed by atoms with Crippen LogP contribution >= 0.6 is 0 Å². The summed E-state index contributed by atoms with van der Waals surface area (Å²) >= 11 is 0. The van der Waals surface area contributed by atoms with Gasteiger partial charge in [-0.05, 0) is 17.5 Å². The molecular weight excluding hydrogens is 360 g/mol. The van der Waals surface area contributed by atoms with Crippen LogP contribution in [-0.4, -0.2) is 43.5 Å². The number of pyridine rings is 1. The summed E-state index contributed by atoms with van der Waals surface area (Å²) in [4.78, 5) is 20.4. The number of aromatic amines is 1. The van der Waals surface area contributed by atoms with E-state index in [-0.39, 0.29) is 5.91 Å². The molecule has 1 amide bonds. The van der Waals surface area contributed by atoms with Crippen LogP contribution in [-0.2, 0) is 4.79 Å². The number of amides is 1. The van der Waals surface area contributed by atoms with Gasteiger partial charge in [-0.2, -0.15) is 0 Å². The molecule has 2 aromatic rings. The van der Waals surface area contributed by atoms with E-state index in [1.54, 1.807) is 0 Å². The Morgan fingerprint density at radius 3 is 2.17 bits per heavy atom. The Labute approximate surface area is 175 Å². The van der Waals surface area contributed by atoms with Gasteiger partial charge in [-0.3, -0.25) is 9.69 Å². The van der Waals surface area contributed by atoms with Gasteiger partial charge < -0.3 is 10.2 Å². The molecule has 1 fully saturated rings. The third-order valence-electron chi connectivity index (χ3n) is 5.92. The lowest BCUT2D eigenvalue weighted by atomic mass is 9.93. The zero-order valence-corrected chi connectivity index (χ0v) is 18.3. The van der Waals surface area contributed by atoms with Crippen LogP contribution in [0.2, 0.25) is 0 Å². The van der Waals surface area contributed by atoms with E-state index in [9.17, 15) is 4.79 Å². The Bertz CT molecular complexity index is 765. The Hall–Kier alpha value is -2.40. The number of anilines is 1. The van der Waals surface area contributed by atoms with E-state index < -0.39 is 0 Å².